The monoisotopic (exact) mass is 106 g/mol. The quantitative estimate of drug-likeness (QED) is 0.416. The second-order valence-corrected chi connectivity index (χ2v) is 0.519. The van der Waals surface area contributed by atoms with Crippen LogP contribution in [0.4, 0.5) is 0 Å². The Morgan fingerprint density at radius 3 is 1.50 bits per heavy atom. The minimum atomic E-state index is -0.833. The molecule has 0 aliphatic heterocycles. The van der Waals surface area contributed by atoms with Crippen LogP contribution in [0.1, 0.15) is 6.92 Å². The van der Waals surface area contributed by atoms with Crippen LogP contribution in [0.25, 0.3) is 0 Å². The second kappa shape index (κ2) is 9.69. The third-order valence-corrected chi connectivity index (χ3v) is 0. The summed E-state index contributed by atoms with van der Waals surface area (Å²) in [6.45, 7) is 1.08. The second-order valence-electron chi connectivity index (χ2n) is 0.519. The molecule has 0 rings (SSSR count). The van der Waals surface area contributed by atoms with E-state index in [0.29, 0.717) is 0 Å². The van der Waals surface area contributed by atoms with Crippen molar-refractivity contribution in [1.82, 2.24) is 0 Å². The third-order valence-electron chi connectivity index (χ3n) is 0. The molecule has 2 nitrogen and oxygen atoms in total. The number of hydrogen-bond donors (Lipinski definition) is 1. The van der Waals surface area contributed by atoms with E-state index in [-0.39, 0.29) is 59.1 Å². The van der Waals surface area contributed by atoms with Crippen LogP contribution >= 0.6 is 0 Å². The first-order valence-corrected chi connectivity index (χ1v) is 0.928. The third kappa shape index (κ3) is 50.6. The predicted octanol–water partition coefficient (Wildman–Crippen LogP) is -0.671. The smallest absolute Gasteiger partial charge is 0.300 e. The molecule has 0 heterocycles. The Balaban J connectivity index is -0.0000000450. The molecule has 0 aromatic rings. The van der Waals surface area contributed by atoms with Gasteiger partial charge in [0.25, 0.3) is 5.97 Å². The van der Waals surface area contributed by atoms with E-state index in [2.05, 4.69) is 0 Å². The first-order chi connectivity index (χ1) is 1.73. The normalized spacial score (nSPS) is 4.17. The molecule has 0 aromatic carbocycles. The van der Waals surface area contributed by atoms with E-state index in [0.717, 1.165) is 6.92 Å². The predicted molar refractivity (Wildman–Crippen MR) is 24.8 cm³/mol. The van der Waals surface area contributed by atoms with Gasteiger partial charge in [-0.3, -0.25) is 4.79 Å². The molecule has 0 aromatic heterocycles. The average molecular weight is 106 g/mol. The van der Waals surface area contributed by atoms with Crippen LogP contribution in [0.5, 0.6) is 0 Å². The molecule has 0 saturated carbocycles. The molecule has 0 spiro atoms. The van der Waals surface area contributed by atoms with Crippen LogP contribution in [-0.4, -0.2) is 70.2 Å². The first kappa shape index (κ1) is 15.6. The van der Waals surface area contributed by atoms with E-state index in [9.17, 15) is 0 Å². The summed E-state index contributed by atoms with van der Waals surface area (Å²) in [6, 6.07) is 0. The van der Waals surface area contributed by atoms with Crippen molar-refractivity contribution in [3.63, 3.8) is 0 Å². The van der Waals surface area contributed by atoms with E-state index >= 15 is 0 Å². The van der Waals surface area contributed by atoms with Crippen LogP contribution in [-0.2, 0) is 4.79 Å². The van der Waals surface area contributed by atoms with Gasteiger partial charge >= 0.3 is 0 Å². The standard InChI is InChI=1S/C2H4O2.2Na/c1-2(3)4;;/h1H3,(H,3,4);;. The summed E-state index contributed by atoms with van der Waals surface area (Å²) in [7, 11) is 0. The summed E-state index contributed by atoms with van der Waals surface area (Å²) in [5.41, 5.74) is 0. The zero-order valence-corrected chi connectivity index (χ0v) is 8.36. The van der Waals surface area contributed by atoms with Gasteiger partial charge in [0.05, 0.1) is 0 Å². The van der Waals surface area contributed by atoms with Crippen molar-refractivity contribution >= 4 is 65.1 Å². The number of carbonyl (C=O) groups is 1. The molecule has 26 valence electrons. The molecule has 0 saturated heterocycles. The Hall–Kier alpha value is 1.47. The van der Waals surface area contributed by atoms with Crippen LogP contribution < -0.4 is 0 Å². The molecule has 4 heteroatoms. The molecule has 0 atom stereocenters. The first-order valence-electron chi connectivity index (χ1n) is 0.928. The van der Waals surface area contributed by atoms with Gasteiger partial charge in [-0.2, -0.15) is 0 Å². The van der Waals surface area contributed by atoms with Crippen molar-refractivity contribution in [2.45, 2.75) is 6.92 Å². The van der Waals surface area contributed by atoms with E-state index in [4.69, 9.17) is 9.90 Å². The molecule has 6 heavy (non-hydrogen) atoms. The summed E-state index contributed by atoms with van der Waals surface area (Å²) in [5, 5.41) is 7.42. The van der Waals surface area contributed by atoms with Crippen molar-refractivity contribution in [3.8, 4) is 0 Å². The molecule has 2 radical (unpaired) electrons. The summed E-state index contributed by atoms with van der Waals surface area (Å²) < 4.78 is 0. The van der Waals surface area contributed by atoms with Crippen LogP contribution in [0.3, 0.4) is 0 Å². The Labute approximate surface area is 80.9 Å². The van der Waals surface area contributed by atoms with Gasteiger partial charge < -0.3 is 5.11 Å². The summed E-state index contributed by atoms with van der Waals surface area (Å²) in [4.78, 5) is 9.00. The van der Waals surface area contributed by atoms with Gasteiger partial charge in [-0.05, 0) is 0 Å². The van der Waals surface area contributed by atoms with Gasteiger partial charge in [0, 0.05) is 66.0 Å². The van der Waals surface area contributed by atoms with Gasteiger partial charge in [0.1, 0.15) is 0 Å². The van der Waals surface area contributed by atoms with E-state index in [1.54, 1.807) is 0 Å². The molecule has 0 bridgehead atoms. The van der Waals surface area contributed by atoms with Crippen molar-refractivity contribution in [2.75, 3.05) is 0 Å². The number of carboxylic acid groups (broad SMARTS) is 1. The summed E-state index contributed by atoms with van der Waals surface area (Å²) >= 11 is 0. The molecule has 1 N–H and O–H groups in total. The van der Waals surface area contributed by atoms with Gasteiger partial charge in [0.2, 0.25) is 0 Å². The molecule has 0 aliphatic rings. The van der Waals surface area contributed by atoms with Crippen LogP contribution in [0, 0.1) is 0 Å². The number of aliphatic carboxylic acids is 1. The molecule has 0 fully saturated rings. The van der Waals surface area contributed by atoms with Gasteiger partial charge in [-0.15, -0.1) is 0 Å². The molecule has 0 aliphatic carbocycles. The number of carboxylic acids is 1. The van der Waals surface area contributed by atoms with Crippen molar-refractivity contribution in [2.24, 2.45) is 0 Å². The minimum Gasteiger partial charge on any atom is -0.481 e. The Kier molecular flexibility index (Phi) is 25.3. The topological polar surface area (TPSA) is 37.3 Å². The Morgan fingerprint density at radius 1 is 1.50 bits per heavy atom. The largest absolute Gasteiger partial charge is 0.481 e. The zero-order valence-electron chi connectivity index (χ0n) is 4.36. The van der Waals surface area contributed by atoms with Gasteiger partial charge in [0.15, 0.2) is 0 Å². The average Bonchev–Trinajstić information content (AvgIpc) is 0.811. The van der Waals surface area contributed by atoms with Crippen molar-refractivity contribution in [1.29, 1.82) is 0 Å². The number of rotatable bonds is 0. The molecule has 0 amide bonds. The summed E-state index contributed by atoms with van der Waals surface area (Å²) in [6.07, 6.45) is 0. The zero-order chi connectivity index (χ0) is 3.58. The fourth-order valence-corrected chi connectivity index (χ4v) is 0. The fraction of sp³-hybridized carbons (Fsp3) is 0.500. The van der Waals surface area contributed by atoms with E-state index in [1.165, 1.54) is 0 Å². The van der Waals surface area contributed by atoms with E-state index in [1.807, 2.05) is 0 Å². The number of hydrogen-bond acceptors (Lipinski definition) is 1. The Morgan fingerprint density at radius 2 is 1.50 bits per heavy atom. The van der Waals surface area contributed by atoms with Crippen LogP contribution in [0.15, 0.2) is 0 Å². The van der Waals surface area contributed by atoms with Crippen molar-refractivity contribution < 1.29 is 9.90 Å². The fourth-order valence-electron chi connectivity index (χ4n) is 0. The molecular formula is C2H4Na2O2. The maximum absolute atomic E-state index is 9.00. The van der Waals surface area contributed by atoms with Crippen molar-refractivity contribution in [3.05, 3.63) is 0 Å². The Bertz CT molecular complexity index is 32.5. The molecular weight excluding hydrogens is 102 g/mol. The molecule has 0 unspecified atom stereocenters. The van der Waals surface area contributed by atoms with E-state index < -0.39 is 5.97 Å². The maximum Gasteiger partial charge on any atom is 0.300 e. The minimum absolute atomic E-state index is 0. The van der Waals surface area contributed by atoms with Gasteiger partial charge in [-0.25, -0.2) is 0 Å². The SMILES string of the molecule is CC(=O)O.[Na].[Na]. The van der Waals surface area contributed by atoms with Gasteiger partial charge in [-0.1, -0.05) is 0 Å². The van der Waals surface area contributed by atoms with Crippen LogP contribution in [0.2, 0.25) is 0 Å². The maximum atomic E-state index is 9.00. The summed E-state index contributed by atoms with van der Waals surface area (Å²) in [5.74, 6) is -0.833.